The fraction of sp³-hybridized carbons (Fsp3) is 0.222. The second-order valence-electron chi connectivity index (χ2n) is 5.56. The third-order valence-corrected chi connectivity index (χ3v) is 3.43. The molecular formula is C18H17F3N2O2. The van der Waals surface area contributed by atoms with E-state index in [0.717, 1.165) is 35.4 Å². The van der Waals surface area contributed by atoms with Gasteiger partial charge in [0.1, 0.15) is 0 Å². The Labute approximate surface area is 143 Å². The van der Waals surface area contributed by atoms with Gasteiger partial charge in [-0.1, -0.05) is 29.8 Å². The number of hydrogen-bond acceptors (Lipinski definition) is 2. The van der Waals surface area contributed by atoms with Crippen molar-refractivity contribution in [2.75, 3.05) is 11.9 Å². The Morgan fingerprint density at radius 1 is 0.920 bits per heavy atom. The lowest BCUT2D eigenvalue weighted by Crippen LogP contribution is -2.33. The molecule has 7 heteroatoms. The molecule has 0 aliphatic rings. The van der Waals surface area contributed by atoms with Crippen LogP contribution < -0.4 is 10.6 Å². The number of nitrogens with one attached hydrogen (secondary N) is 2. The topological polar surface area (TPSA) is 58.2 Å². The molecule has 0 bridgehead atoms. The predicted octanol–water partition coefficient (Wildman–Crippen LogP) is 3.31. The molecule has 0 aromatic heterocycles. The molecule has 2 aromatic carbocycles. The Morgan fingerprint density at radius 2 is 1.52 bits per heavy atom. The van der Waals surface area contributed by atoms with E-state index in [4.69, 9.17) is 0 Å². The fourth-order valence-electron chi connectivity index (χ4n) is 2.08. The Morgan fingerprint density at radius 3 is 2.08 bits per heavy atom. The molecule has 0 heterocycles. The van der Waals surface area contributed by atoms with Crippen molar-refractivity contribution in [2.24, 2.45) is 0 Å². The molecule has 0 aliphatic carbocycles. The first-order chi connectivity index (χ1) is 11.7. The van der Waals surface area contributed by atoms with E-state index < -0.39 is 17.6 Å². The molecule has 2 N–H and O–H groups in total. The zero-order valence-corrected chi connectivity index (χ0v) is 13.5. The monoisotopic (exact) mass is 350 g/mol. The summed E-state index contributed by atoms with van der Waals surface area (Å²) in [5.41, 5.74) is 1.34. The van der Waals surface area contributed by atoms with E-state index in [0.29, 0.717) is 0 Å². The molecule has 2 amide bonds. The van der Waals surface area contributed by atoms with Crippen LogP contribution in [-0.4, -0.2) is 18.4 Å². The second-order valence-corrected chi connectivity index (χ2v) is 5.56. The molecule has 0 atom stereocenters. The summed E-state index contributed by atoms with van der Waals surface area (Å²) in [6.07, 6.45) is -4.28. The summed E-state index contributed by atoms with van der Waals surface area (Å²) < 4.78 is 37.4. The number of benzene rings is 2. The summed E-state index contributed by atoms with van der Waals surface area (Å²) in [6.45, 7) is 1.68. The minimum Gasteiger partial charge on any atom is -0.347 e. The third kappa shape index (κ3) is 5.95. The van der Waals surface area contributed by atoms with Crippen molar-refractivity contribution in [1.82, 2.24) is 5.32 Å². The predicted molar refractivity (Wildman–Crippen MR) is 88.0 cm³/mol. The van der Waals surface area contributed by atoms with E-state index in [1.165, 1.54) is 0 Å². The van der Waals surface area contributed by atoms with Gasteiger partial charge in [0.25, 0.3) is 0 Å². The molecule has 2 rings (SSSR count). The summed E-state index contributed by atoms with van der Waals surface area (Å²) in [6, 6.07) is 11.5. The van der Waals surface area contributed by atoms with Gasteiger partial charge in [-0.05, 0) is 36.8 Å². The third-order valence-electron chi connectivity index (χ3n) is 3.43. The molecule has 0 saturated heterocycles. The molecule has 2 aromatic rings. The van der Waals surface area contributed by atoms with Crippen LogP contribution in [0, 0.1) is 6.92 Å². The van der Waals surface area contributed by atoms with Crippen LogP contribution in [0.2, 0.25) is 0 Å². The van der Waals surface area contributed by atoms with Crippen LogP contribution in [0.25, 0.3) is 0 Å². The molecule has 4 nitrogen and oxygen atoms in total. The number of alkyl halides is 3. The Balaban J connectivity index is 1.80. The lowest BCUT2D eigenvalue weighted by atomic mass is 10.1. The van der Waals surface area contributed by atoms with Crippen LogP contribution >= 0.6 is 0 Å². The molecule has 0 unspecified atom stereocenters. The quantitative estimate of drug-likeness (QED) is 0.869. The van der Waals surface area contributed by atoms with Crippen molar-refractivity contribution >= 4 is 17.5 Å². The summed E-state index contributed by atoms with van der Waals surface area (Å²) in [7, 11) is 0. The minimum absolute atomic E-state index is 0.147. The highest BCUT2D eigenvalue weighted by Crippen LogP contribution is 2.29. The van der Waals surface area contributed by atoms with Gasteiger partial charge < -0.3 is 10.6 Å². The largest absolute Gasteiger partial charge is 0.416 e. The standard InChI is InChI=1S/C18H17F3N2O2/c1-12-2-4-13(5-3-12)10-16(24)22-11-17(25)23-15-8-6-14(7-9-15)18(19,20)21/h2-9H,10-11H2,1H3,(H,22,24)(H,23,25). The van der Waals surface area contributed by atoms with Crippen molar-refractivity contribution in [3.8, 4) is 0 Å². The maximum absolute atomic E-state index is 12.5. The number of anilines is 1. The normalized spacial score (nSPS) is 11.0. The van der Waals surface area contributed by atoms with E-state index >= 15 is 0 Å². The van der Waals surface area contributed by atoms with Gasteiger partial charge in [0.15, 0.2) is 0 Å². The number of halogens is 3. The van der Waals surface area contributed by atoms with Crippen LogP contribution in [-0.2, 0) is 22.2 Å². The van der Waals surface area contributed by atoms with Crippen molar-refractivity contribution in [3.05, 3.63) is 65.2 Å². The number of rotatable bonds is 5. The maximum atomic E-state index is 12.5. The van der Waals surface area contributed by atoms with E-state index in [2.05, 4.69) is 10.6 Å². The molecule has 0 saturated carbocycles. The van der Waals surface area contributed by atoms with E-state index in [1.807, 2.05) is 31.2 Å². The Kier molecular flexibility index (Phi) is 5.80. The van der Waals surface area contributed by atoms with Crippen molar-refractivity contribution < 1.29 is 22.8 Å². The van der Waals surface area contributed by atoms with Crippen LogP contribution in [0.3, 0.4) is 0 Å². The smallest absolute Gasteiger partial charge is 0.347 e. The maximum Gasteiger partial charge on any atom is 0.416 e. The van der Waals surface area contributed by atoms with Gasteiger partial charge in [0.05, 0.1) is 18.5 Å². The molecule has 132 valence electrons. The lowest BCUT2D eigenvalue weighted by Gasteiger charge is -2.09. The number of hydrogen-bond donors (Lipinski definition) is 2. The molecular weight excluding hydrogens is 333 g/mol. The van der Waals surface area contributed by atoms with Gasteiger partial charge >= 0.3 is 6.18 Å². The summed E-state index contributed by atoms with van der Waals surface area (Å²) in [4.78, 5) is 23.5. The van der Waals surface area contributed by atoms with Gasteiger partial charge in [0.2, 0.25) is 11.8 Å². The summed E-state index contributed by atoms with van der Waals surface area (Å²) in [5.74, 6) is -0.830. The average Bonchev–Trinajstić information content (AvgIpc) is 2.55. The van der Waals surface area contributed by atoms with Crippen LogP contribution in [0.15, 0.2) is 48.5 Å². The molecule has 25 heavy (non-hydrogen) atoms. The van der Waals surface area contributed by atoms with Gasteiger partial charge in [-0.3, -0.25) is 9.59 Å². The van der Waals surface area contributed by atoms with E-state index in [9.17, 15) is 22.8 Å². The number of carbonyl (C=O) groups is 2. The van der Waals surface area contributed by atoms with E-state index in [1.54, 1.807) is 0 Å². The molecule has 0 aliphatic heterocycles. The van der Waals surface area contributed by atoms with Crippen molar-refractivity contribution in [2.45, 2.75) is 19.5 Å². The second kappa shape index (κ2) is 7.83. The zero-order chi connectivity index (χ0) is 18.4. The lowest BCUT2D eigenvalue weighted by molar-refractivity contribution is -0.137. The zero-order valence-electron chi connectivity index (χ0n) is 13.5. The first-order valence-electron chi connectivity index (χ1n) is 7.53. The fourth-order valence-corrected chi connectivity index (χ4v) is 2.08. The SMILES string of the molecule is Cc1ccc(CC(=O)NCC(=O)Nc2ccc(C(F)(F)F)cc2)cc1. The van der Waals surface area contributed by atoms with Crippen molar-refractivity contribution in [3.63, 3.8) is 0 Å². The number of carbonyl (C=O) groups excluding carboxylic acids is 2. The van der Waals surface area contributed by atoms with Gasteiger partial charge in [0, 0.05) is 5.69 Å². The first kappa shape index (κ1) is 18.5. The average molecular weight is 350 g/mol. The van der Waals surface area contributed by atoms with Crippen LogP contribution in [0.1, 0.15) is 16.7 Å². The summed E-state index contributed by atoms with van der Waals surface area (Å²) in [5, 5.41) is 4.90. The first-order valence-corrected chi connectivity index (χ1v) is 7.53. The van der Waals surface area contributed by atoms with E-state index in [-0.39, 0.29) is 24.6 Å². The van der Waals surface area contributed by atoms with Gasteiger partial charge in [-0.2, -0.15) is 13.2 Å². The molecule has 0 radical (unpaired) electrons. The number of amides is 2. The van der Waals surface area contributed by atoms with Crippen LogP contribution in [0.5, 0.6) is 0 Å². The Bertz CT molecular complexity index is 738. The molecule has 0 spiro atoms. The highest BCUT2D eigenvalue weighted by molar-refractivity contribution is 5.94. The highest BCUT2D eigenvalue weighted by Gasteiger charge is 2.29. The highest BCUT2D eigenvalue weighted by atomic mass is 19.4. The van der Waals surface area contributed by atoms with Crippen LogP contribution in [0.4, 0.5) is 18.9 Å². The molecule has 0 fully saturated rings. The van der Waals surface area contributed by atoms with Gasteiger partial charge in [-0.25, -0.2) is 0 Å². The number of aryl methyl sites for hydroxylation is 1. The Hall–Kier alpha value is -2.83. The van der Waals surface area contributed by atoms with Gasteiger partial charge in [-0.15, -0.1) is 0 Å². The minimum atomic E-state index is -4.42. The summed E-state index contributed by atoms with van der Waals surface area (Å²) >= 11 is 0. The van der Waals surface area contributed by atoms with Crippen molar-refractivity contribution in [1.29, 1.82) is 0 Å².